The van der Waals surface area contributed by atoms with Crippen LogP contribution in [0.3, 0.4) is 0 Å². The molecule has 2 aromatic rings. The molecule has 0 aliphatic carbocycles. The Bertz CT molecular complexity index is 465. The van der Waals surface area contributed by atoms with Gasteiger partial charge in [0.1, 0.15) is 17.8 Å². The fourth-order valence-corrected chi connectivity index (χ4v) is 2.26. The number of aryl methyl sites for hydroxylation is 2. The van der Waals surface area contributed by atoms with E-state index >= 15 is 0 Å². The predicted molar refractivity (Wildman–Crippen MR) is 62.1 cm³/mol. The first-order valence-corrected chi connectivity index (χ1v) is 5.85. The Labute approximate surface area is 98.0 Å². The molecular formula is C10H14N4OS. The van der Waals surface area contributed by atoms with E-state index in [2.05, 4.69) is 10.2 Å². The quantitative estimate of drug-likeness (QED) is 0.817. The second-order valence-electron chi connectivity index (χ2n) is 3.52. The molecule has 86 valence electrons. The molecule has 0 spiro atoms. The van der Waals surface area contributed by atoms with Gasteiger partial charge in [0.25, 0.3) is 0 Å². The molecule has 1 unspecified atom stereocenters. The zero-order valence-corrected chi connectivity index (χ0v) is 10.1. The lowest BCUT2D eigenvalue weighted by Crippen LogP contribution is -2.09. The smallest absolute Gasteiger partial charge is 0.191 e. The molecule has 1 atom stereocenters. The Balaban J connectivity index is 2.15. The minimum absolute atomic E-state index is 0.0802. The molecular weight excluding hydrogens is 224 g/mol. The van der Waals surface area contributed by atoms with Crippen molar-refractivity contribution < 1.29 is 4.42 Å². The molecule has 0 bridgehead atoms. The number of hydrogen-bond acceptors (Lipinski definition) is 5. The molecule has 5 nitrogen and oxygen atoms in total. The van der Waals surface area contributed by atoms with Gasteiger partial charge < -0.3 is 14.7 Å². The molecule has 0 saturated heterocycles. The van der Waals surface area contributed by atoms with E-state index in [9.17, 15) is 0 Å². The van der Waals surface area contributed by atoms with Gasteiger partial charge in [-0.15, -0.1) is 10.2 Å². The maximum Gasteiger partial charge on any atom is 0.191 e. The van der Waals surface area contributed by atoms with Gasteiger partial charge in [-0.2, -0.15) is 0 Å². The van der Waals surface area contributed by atoms with E-state index in [1.165, 1.54) is 0 Å². The van der Waals surface area contributed by atoms with Crippen LogP contribution in [0.25, 0.3) is 0 Å². The van der Waals surface area contributed by atoms with Crippen molar-refractivity contribution in [2.45, 2.75) is 17.3 Å². The van der Waals surface area contributed by atoms with Gasteiger partial charge in [0.2, 0.25) is 0 Å². The summed E-state index contributed by atoms with van der Waals surface area (Å²) in [6, 6.07) is 3.89. The Morgan fingerprint density at radius 2 is 2.38 bits per heavy atom. The van der Waals surface area contributed by atoms with Crippen molar-refractivity contribution in [3.8, 4) is 0 Å². The van der Waals surface area contributed by atoms with Gasteiger partial charge in [-0.05, 0) is 19.1 Å². The molecule has 2 N–H and O–H groups in total. The Hall–Kier alpha value is -1.27. The standard InChI is InChI=1S/C10H14N4OS/c1-7-3-4-8(15-7)9(5-11)16-10-13-12-6-14(10)2/h3-4,6,9H,5,11H2,1-2H3. The lowest BCUT2D eigenvalue weighted by Gasteiger charge is -2.10. The SMILES string of the molecule is Cc1ccc(C(CN)Sc2nncn2C)o1. The van der Waals surface area contributed by atoms with E-state index < -0.39 is 0 Å². The summed E-state index contributed by atoms with van der Waals surface area (Å²) in [4.78, 5) is 0. The van der Waals surface area contributed by atoms with Gasteiger partial charge in [0, 0.05) is 13.6 Å². The largest absolute Gasteiger partial charge is 0.465 e. The van der Waals surface area contributed by atoms with E-state index in [-0.39, 0.29) is 5.25 Å². The summed E-state index contributed by atoms with van der Waals surface area (Å²) in [6.07, 6.45) is 1.67. The summed E-state index contributed by atoms with van der Waals surface area (Å²) in [5, 5.41) is 8.76. The van der Waals surface area contributed by atoms with Crippen LogP contribution >= 0.6 is 11.8 Å². The van der Waals surface area contributed by atoms with Crippen molar-refractivity contribution in [3.05, 3.63) is 30.0 Å². The lowest BCUT2D eigenvalue weighted by atomic mass is 10.3. The van der Waals surface area contributed by atoms with E-state index in [1.54, 1.807) is 18.1 Å². The summed E-state index contributed by atoms with van der Waals surface area (Å²) in [7, 11) is 1.91. The Morgan fingerprint density at radius 1 is 1.56 bits per heavy atom. The number of thioether (sulfide) groups is 1. The van der Waals surface area contributed by atoms with Crippen LogP contribution in [0, 0.1) is 6.92 Å². The summed E-state index contributed by atoms with van der Waals surface area (Å²) in [6.45, 7) is 2.43. The Morgan fingerprint density at radius 3 is 2.88 bits per heavy atom. The molecule has 0 radical (unpaired) electrons. The molecule has 0 aliphatic heterocycles. The molecule has 16 heavy (non-hydrogen) atoms. The van der Waals surface area contributed by atoms with Crippen molar-refractivity contribution in [2.75, 3.05) is 6.54 Å². The predicted octanol–water partition coefficient (Wildman–Crippen LogP) is 1.51. The maximum atomic E-state index is 5.74. The lowest BCUT2D eigenvalue weighted by molar-refractivity contribution is 0.481. The molecule has 0 aromatic carbocycles. The summed E-state index contributed by atoms with van der Waals surface area (Å²) >= 11 is 1.56. The highest BCUT2D eigenvalue weighted by molar-refractivity contribution is 7.99. The van der Waals surface area contributed by atoms with Gasteiger partial charge in [0.15, 0.2) is 5.16 Å². The van der Waals surface area contributed by atoms with Crippen molar-refractivity contribution in [3.63, 3.8) is 0 Å². The summed E-state index contributed by atoms with van der Waals surface area (Å²) in [5.74, 6) is 1.78. The highest BCUT2D eigenvalue weighted by atomic mass is 32.2. The van der Waals surface area contributed by atoms with Crippen molar-refractivity contribution in [1.82, 2.24) is 14.8 Å². The van der Waals surface area contributed by atoms with E-state index in [0.717, 1.165) is 16.7 Å². The second kappa shape index (κ2) is 4.71. The molecule has 0 amide bonds. The van der Waals surface area contributed by atoms with Gasteiger partial charge in [-0.3, -0.25) is 0 Å². The fraction of sp³-hybridized carbons (Fsp3) is 0.400. The average molecular weight is 238 g/mol. The first kappa shape index (κ1) is 11.2. The number of hydrogen-bond donors (Lipinski definition) is 1. The maximum absolute atomic E-state index is 5.74. The minimum atomic E-state index is 0.0802. The summed E-state index contributed by atoms with van der Waals surface area (Å²) < 4.78 is 7.43. The topological polar surface area (TPSA) is 69.9 Å². The second-order valence-corrected chi connectivity index (χ2v) is 4.68. The van der Waals surface area contributed by atoms with Crippen LogP contribution in [0.1, 0.15) is 16.8 Å². The van der Waals surface area contributed by atoms with E-state index in [1.807, 2.05) is 30.7 Å². The zero-order valence-electron chi connectivity index (χ0n) is 9.25. The van der Waals surface area contributed by atoms with Crippen molar-refractivity contribution in [1.29, 1.82) is 0 Å². The van der Waals surface area contributed by atoms with Crippen molar-refractivity contribution >= 4 is 11.8 Å². The first-order valence-electron chi connectivity index (χ1n) is 4.97. The molecule has 0 aliphatic rings. The minimum Gasteiger partial charge on any atom is -0.465 e. The van der Waals surface area contributed by atoms with Gasteiger partial charge in [-0.1, -0.05) is 11.8 Å². The van der Waals surface area contributed by atoms with E-state index in [0.29, 0.717) is 6.54 Å². The number of aromatic nitrogens is 3. The highest BCUT2D eigenvalue weighted by Crippen LogP contribution is 2.33. The highest BCUT2D eigenvalue weighted by Gasteiger charge is 2.17. The van der Waals surface area contributed by atoms with Crippen LogP contribution < -0.4 is 5.73 Å². The third kappa shape index (κ3) is 2.28. The van der Waals surface area contributed by atoms with Crippen LogP contribution in [0.4, 0.5) is 0 Å². The van der Waals surface area contributed by atoms with Crippen LogP contribution in [0.5, 0.6) is 0 Å². The number of nitrogens with zero attached hydrogens (tertiary/aromatic N) is 3. The van der Waals surface area contributed by atoms with Crippen LogP contribution in [0.15, 0.2) is 28.0 Å². The van der Waals surface area contributed by atoms with Gasteiger partial charge >= 0.3 is 0 Å². The Kier molecular flexibility index (Phi) is 3.31. The molecule has 2 heterocycles. The zero-order chi connectivity index (χ0) is 11.5. The molecule has 2 aromatic heterocycles. The average Bonchev–Trinajstić information content (AvgIpc) is 2.85. The van der Waals surface area contributed by atoms with Crippen LogP contribution in [0.2, 0.25) is 0 Å². The normalized spacial score (nSPS) is 12.9. The molecule has 2 rings (SSSR count). The summed E-state index contributed by atoms with van der Waals surface area (Å²) in [5.41, 5.74) is 5.74. The third-order valence-corrected chi connectivity index (χ3v) is 3.50. The number of nitrogens with two attached hydrogens (primary N) is 1. The molecule has 0 saturated carbocycles. The molecule has 6 heteroatoms. The van der Waals surface area contributed by atoms with Crippen LogP contribution in [-0.4, -0.2) is 21.3 Å². The third-order valence-electron chi connectivity index (χ3n) is 2.21. The fourth-order valence-electron chi connectivity index (χ4n) is 1.36. The van der Waals surface area contributed by atoms with Gasteiger partial charge in [-0.25, -0.2) is 0 Å². The van der Waals surface area contributed by atoms with E-state index in [4.69, 9.17) is 10.2 Å². The first-order chi connectivity index (χ1) is 7.70. The molecule has 0 fully saturated rings. The monoisotopic (exact) mass is 238 g/mol. The van der Waals surface area contributed by atoms with Crippen molar-refractivity contribution in [2.24, 2.45) is 12.8 Å². The van der Waals surface area contributed by atoms with Crippen LogP contribution in [-0.2, 0) is 7.05 Å². The number of rotatable bonds is 4. The number of furan rings is 1. The van der Waals surface area contributed by atoms with Gasteiger partial charge in [0.05, 0.1) is 5.25 Å².